The predicted molar refractivity (Wildman–Crippen MR) is 113 cm³/mol. The van der Waals surface area contributed by atoms with Crippen molar-refractivity contribution in [1.29, 1.82) is 0 Å². The van der Waals surface area contributed by atoms with Gasteiger partial charge in [-0.15, -0.1) is 0 Å². The van der Waals surface area contributed by atoms with Crippen molar-refractivity contribution in [3.63, 3.8) is 0 Å². The first-order chi connectivity index (χ1) is 13.8. The Kier molecular flexibility index (Phi) is 7.05. The summed E-state index contributed by atoms with van der Waals surface area (Å²) in [4.78, 5) is 14.7. The Bertz CT molecular complexity index is 925. The van der Waals surface area contributed by atoms with Gasteiger partial charge in [0.1, 0.15) is 0 Å². The van der Waals surface area contributed by atoms with Crippen molar-refractivity contribution >= 4 is 15.9 Å². The smallest absolute Gasteiger partial charge is 0.238 e. The second-order valence-electron chi connectivity index (χ2n) is 7.94. The maximum Gasteiger partial charge on any atom is 0.238 e. The highest BCUT2D eigenvalue weighted by molar-refractivity contribution is 7.89. The molecule has 0 spiro atoms. The van der Waals surface area contributed by atoms with Crippen LogP contribution in [0, 0.1) is 5.92 Å². The summed E-state index contributed by atoms with van der Waals surface area (Å²) in [7, 11) is -3.71. The first-order valence-electron chi connectivity index (χ1n) is 9.98. The van der Waals surface area contributed by atoms with E-state index in [1.807, 2.05) is 0 Å². The van der Waals surface area contributed by atoms with Gasteiger partial charge in [-0.1, -0.05) is 43.3 Å². The molecule has 1 fully saturated rings. The van der Waals surface area contributed by atoms with Crippen LogP contribution in [0.25, 0.3) is 0 Å². The van der Waals surface area contributed by atoms with Crippen molar-refractivity contribution in [1.82, 2.24) is 10.2 Å². The first-order valence-corrected chi connectivity index (χ1v) is 11.5. The molecule has 0 aliphatic carbocycles. The topological polar surface area (TPSA) is 92.5 Å². The van der Waals surface area contributed by atoms with Gasteiger partial charge in [-0.2, -0.15) is 0 Å². The average molecular weight is 416 g/mol. The van der Waals surface area contributed by atoms with Crippen LogP contribution < -0.4 is 10.5 Å². The molecule has 3 N–H and O–H groups in total. The number of rotatable bonds is 7. The normalized spacial score (nSPS) is 17.8. The van der Waals surface area contributed by atoms with Gasteiger partial charge < -0.3 is 5.32 Å². The average Bonchev–Trinajstić information content (AvgIpc) is 2.67. The quantitative estimate of drug-likeness (QED) is 0.726. The molecule has 1 amide bonds. The van der Waals surface area contributed by atoms with Crippen LogP contribution in [0.4, 0.5) is 0 Å². The van der Waals surface area contributed by atoms with E-state index in [1.165, 1.54) is 37.1 Å². The molecule has 1 atom stereocenters. The van der Waals surface area contributed by atoms with Gasteiger partial charge in [0.05, 0.1) is 11.3 Å². The van der Waals surface area contributed by atoms with E-state index in [0.717, 1.165) is 30.1 Å². The number of amides is 1. The van der Waals surface area contributed by atoms with Gasteiger partial charge >= 0.3 is 0 Å². The number of nitrogens with one attached hydrogen (secondary N) is 1. The second-order valence-corrected chi connectivity index (χ2v) is 9.50. The van der Waals surface area contributed by atoms with Gasteiger partial charge in [-0.25, -0.2) is 13.6 Å². The molecule has 6 nitrogen and oxygen atoms in total. The Morgan fingerprint density at radius 1 is 1.07 bits per heavy atom. The van der Waals surface area contributed by atoms with Crippen LogP contribution in [-0.2, 0) is 34.3 Å². The van der Waals surface area contributed by atoms with Gasteiger partial charge in [-0.05, 0) is 54.1 Å². The number of sulfonamides is 1. The van der Waals surface area contributed by atoms with Crippen LogP contribution in [0.3, 0.4) is 0 Å². The molecule has 1 heterocycles. The predicted octanol–water partition coefficient (Wildman–Crippen LogP) is 2.42. The van der Waals surface area contributed by atoms with Crippen molar-refractivity contribution in [3.8, 4) is 0 Å². The Morgan fingerprint density at radius 3 is 2.31 bits per heavy atom. The molecule has 7 heteroatoms. The third-order valence-corrected chi connectivity index (χ3v) is 6.21. The number of carbonyl (C=O) groups excluding carboxylic acids is 1. The zero-order valence-electron chi connectivity index (χ0n) is 16.8. The minimum Gasteiger partial charge on any atom is -0.352 e. The van der Waals surface area contributed by atoms with Crippen LogP contribution >= 0.6 is 0 Å². The Morgan fingerprint density at radius 2 is 1.69 bits per heavy atom. The van der Waals surface area contributed by atoms with E-state index in [-0.39, 0.29) is 17.2 Å². The molecule has 156 valence electrons. The van der Waals surface area contributed by atoms with Crippen LogP contribution in [0.5, 0.6) is 0 Å². The number of nitrogens with zero attached hydrogens (tertiary/aromatic N) is 1. The largest absolute Gasteiger partial charge is 0.352 e. The summed E-state index contributed by atoms with van der Waals surface area (Å²) in [5.41, 5.74) is 3.09. The molecule has 29 heavy (non-hydrogen) atoms. The molecule has 3 rings (SSSR count). The maximum absolute atomic E-state index is 12.2. The molecule has 2 aromatic carbocycles. The number of benzene rings is 2. The van der Waals surface area contributed by atoms with Gasteiger partial charge in [-0.3, -0.25) is 9.69 Å². The monoisotopic (exact) mass is 415 g/mol. The number of carbonyl (C=O) groups is 1. The van der Waals surface area contributed by atoms with Gasteiger partial charge in [0.15, 0.2) is 0 Å². The summed E-state index contributed by atoms with van der Waals surface area (Å²) in [6.45, 7) is 6.09. The van der Waals surface area contributed by atoms with E-state index in [1.54, 1.807) is 12.1 Å². The number of nitrogens with two attached hydrogens (primary N) is 1. The summed E-state index contributed by atoms with van der Waals surface area (Å²) in [6.07, 6.45) is 2.79. The maximum atomic E-state index is 12.2. The Hall–Kier alpha value is -2.22. The van der Waals surface area contributed by atoms with E-state index in [0.29, 0.717) is 6.54 Å². The highest BCUT2D eigenvalue weighted by Crippen LogP contribution is 2.18. The lowest BCUT2D eigenvalue weighted by Crippen LogP contribution is -2.33. The third kappa shape index (κ3) is 6.66. The third-order valence-electron chi connectivity index (χ3n) is 5.28. The number of piperidine rings is 1. The van der Waals surface area contributed by atoms with Gasteiger partial charge in [0.25, 0.3) is 0 Å². The molecule has 0 aromatic heterocycles. The molecular weight excluding hydrogens is 386 g/mol. The van der Waals surface area contributed by atoms with Crippen molar-refractivity contribution in [3.05, 3.63) is 65.2 Å². The lowest BCUT2D eigenvalue weighted by molar-refractivity contribution is -0.120. The molecule has 2 aromatic rings. The number of primary sulfonamides is 1. The molecule has 1 unspecified atom stereocenters. The van der Waals surface area contributed by atoms with Crippen LogP contribution in [0.2, 0.25) is 0 Å². The van der Waals surface area contributed by atoms with E-state index in [9.17, 15) is 13.2 Å². The number of hydrogen-bond acceptors (Lipinski definition) is 4. The van der Waals surface area contributed by atoms with Crippen molar-refractivity contribution in [2.45, 2.75) is 44.2 Å². The summed E-state index contributed by atoms with van der Waals surface area (Å²) >= 11 is 0. The number of likely N-dealkylation sites (tertiary alicyclic amines) is 1. The van der Waals surface area contributed by atoms with Gasteiger partial charge in [0.2, 0.25) is 15.9 Å². The second kappa shape index (κ2) is 9.52. The minimum absolute atomic E-state index is 0.0424. The van der Waals surface area contributed by atoms with E-state index in [2.05, 4.69) is 41.4 Å². The summed E-state index contributed by atoms with van der Waals surface area (Å²) in [6, 6.07) is 14.4. The SMILES string of the molecule is CC1CCCN(Cc2ccc(CNC(=O)Cc3ccc(S(N)(=O)=O)cc3)cc2)C1. The van der Waals surface area contributed by atoms with Crippen molar-refractivity contribution < 1.29 is 13.2 Å². The molecule has 1 aliphatic heterocycles. The standard InChI is InChI=1S/C22H29N3O3S/c1-17-3-2-12-25(15-17)16-20-6-4-19(5-7-20)14-24-22(26)13-18-8-10-21(11-9-18)29(23,27)28/h4-11,17H,2-3,12-16H2,1H3,(H,24,26)(H2,23,27,28). The van der Waals surface area contributed by atoms with E-state index in [4.69, 9.17) is 5.14 Å². The zero-order valence-corrected chi connectivity index (χ0v) is 17.6. The van der Waals surface area contributed by atoms with Crippen LogP contribution in [0.15, 0.2) is 53.4 Å². The molecule has 0 radical (unpaired) electrons. The zero-order chi connectivity index (χ0) is 20.9. The highest BCUT2D eigenvalue weighted by Gasteiger charge is 2.16. The molecule has 1 aliphatic rings. The Labute approximate surface area is 173 Å². The fraction of sp³-hybridized carbons (Fsp3) is 0.409. The van der Waals surface area contributed by atoms with Crippen LogP contribution in [0.1, 0.15) is 36.5 Å². The fourth-order valence-corrected chi connectivity index (χ4v) is 4.21. The van der Waals surface area contributed by atoms with Crippen molar-refractivity contribution in [2.24, 2.45) is 11.1 Å². The van der Waals surface area contributed by atoms with E-state index >= 15 is 0 Å². The van der Waals surface area contributed by atoms with Crippen LogP contribution in [-0.4, -0.2) is 32.3 Å². The highest BCUT2D eigenvalue weighted by atomic mass is 32.2. The molecular formula is C22H29N3O3S. The minimum atomic E-state index is -3.71. The van der Waals surface area contributed by atoms with Gasteiger partial charge in [0, 0.05) is 19.6 Å². The molecule has 0 bridgehead atoms. The lowest BCUT2D eigenvalue weighted by Gasteiger charge is -2.30. The lowest BCUT2D eigenvalue weighted by atomic mass is 9.99. The first kappa shape index (κ1) is 21.5. The fourth-order valence-electron chi connectivity index (χ4n) is 3.70. The molecule has 0 saturated carbocycles. The Balaban J connectivity index is 1.46. The van der Waals surface area contributed by atoms with Crippen molar-refractivity contribution in [2.75, 3.05) is 13.1 Å². The molecule has 1 saturated heterocycles. The summed E-state index contributed by atoms with van der Waals surface area (Å²) in [5, 5.41) is 7.99. The van der Waals surface area contributed by atoms with E-state index < -0.39 is 10.0 Å². The summed E-state index contributed by atoms with van der Waals surface area (Å²) < 4.78 is 22.5. The summed E-state index contributed by atoms with van der Waals surface area (Å²) in [5.74, 6) is 0.661. The number of hydrogen-bond donors (Lipinski definition) is 2.